The molecule has 0 unspecified atom stereocenters. The Morgan fingerprint density at radius 3 is 2.55 bits per heavy atom. The fourth-order valence-corrected chi connectivity index (χ4v) is 2.09. The molecular formula is C12H6BrF3O4. The van der Waals surface area contributed by atoms with E-state index in [9.17, 15) is 18.0 Å². The van der Waals surface area contributed by atoms with Crippen LogP contribution in [0.2, 0.25) is 0 Å². The van der Waals surface area contributed by atoms with Gasteiger partial charge in [0.2, 0.25) is 0 Å². The predicted molar refractivity (Wildman–Crippen MR) is 65.5 cm³/mol. The Kier molecular flexibility index (Phi) is 3.76. The van der Waals surface area contributed by atoms with Gasteiger partial charge in [0.05, 0.1) is 21.9 Å². The Balaban J connectivity index is 2.63. The topological polar surface area (TPSA) is 59.7 Å². The highest BCUT2D eigenvalue weighted by molar-refractivity contribution is 9.10. The van der Waals surface area contributed by atoms with Crippen molar-refractivity contribution in [2.75, 3.05) is 0 Å². The number of furan rings is 1. The normalized spacial score (nSPS) is 11.4. The first kappa shape index (κ1) is 14.4. The molecule has 0 radical (unpaired) electrons. The maximum absolute atomic E-state index is 12.4. The lowest BCUT2D eigenvalue weighted by Gasteiger charge is -2.14. The van der Waals surface area contributed by atoms with E-state index >= 15 is 0 Å². The molecule has 0 aliphatic carbocycles. The van der Waals surface area contributed by atoms with Gasteiger partial charge in [-0.1, -0.05) is 0 Å². The molecule has 0 saturated carbocycles. The Hall–Kier alpha value is -1.96. The van der Waals surface area contributed by atoms with E-state index in [1.165, 1.54) is 18.4 Å². The largest absolute Gasteiger partial charge is 0.573 e. The summed E-state index contributed by atoms with van der Waals surface area (Å²) in [6, 6.07) is 4.94. The van der Waals surface area contributed by atoms with Gasteiger partial charge in [-0.3, -0.25) is 0 Å². The maximum atomic E-state index is 12.4. The standard InChI is InChI=1S/C12H6BrF3O4/c13-8-5-6(11(17)18)4-7(9-2-1-3-19-9)10(8)20-12(14,15)16/h1-5H,(H,17,18). The second kappa shape index (κ2) is 5.20. The number of hydrogen-bond donors (Lipinski definition) is 1. The third kappa shape index (κ3) is 3.13. The van der Waals surface area contributed by atoms with Crippen LogP contribution in [0.1, 0.15) is 10.4 Å². The van der Waals surface area contributed by atoms with Crippen LogP contribution >= 0.6 is 15.9 Å². The van der Waals surface area contributed by atoms with Crippen LogP contribution in [0.5, 0.6) is 5.75 Å². The Bertz CT molecular complexity index is 635. The Labute approximate surface area is 118 Å². The number of aromatic carboxylic acids is 1. The molecule has 4 nitrogen and oxygen atoms in total. The van der Waals surface area contributed by atoms with Crippen molar-refractivity contribution in [3.8, 4) is 17.1 Å². The monoisotopic (exact) mass is 350 g/mol. The van der Waals surface area contributed by atoms with Crippen molar-refractivity contribution in [1.29, 1.82) is 0 Å². The predicted octanol–water partition coefficient (Wildman–Crippen LogP) is 4.31. The third-order valence-electron chi connectivity index (χ3n) is 2.29. The van der Waals surface area contributed by atoms with Crippen LogP contribution in [0, 0.1) is 0 Å². The summed E-state index contributed by atoms with van der Waals surface area (Å²) in [6.45, 7) is 0. The van der Waals surface area contributed by atoms with Crippen molar-refractivity contribution in [2.45, 2.75) is 6.36 Å². The minimum absolute atomic E-state index is 0.0630. The van der Waals surface area contributed by atoms with E-state index in [1.807, 2.05) is 0 Å². The van der Waals surface area contributed by atoms with Crippen LogP contribution in [0.15, 0.2) is 39.4 Å². The molecule has 0 aliphatic heterocycles. The zero-order chi connectivity index (χ0) is 14.9. The lowest BCUT2D eigenvalue weighted by Crippen LogP contribution is -2.18. The van der Waals surface area contributed by atoms with Crippen molar-refractivity contribution in [1.82, 2.24) is 0 Å². The van der Waals surface area contributed by atoms with Crippen LogP contribution in [0.4, 0.5) is 13.2 Å². The van der Waals surface area contributed by atoms with Crippen molar-refractivity contribution in [2.24, 2.45) is 0 Å². The molecule has 2 aromatic rings. The van der Waals surface area contributed by atoms with Crippen molar-refractivity contribution < 1.29 is 32.2 Å². The van der Waals surface area contributed by atoms with E-state index in [4.69, 9.17) is 9.52 Å². The SMILES string of the molecule is O=C(O)c1cc(Br)c(OC(F)(F)F)c(-c2ccco2)c1. The second-order valence-corrected chi connectivity index (χ2v) is 4.52. The van der Waals surface area contributed by atoms with E-state index < -0.39 is 18.1 Å². The highest BCUT2D eigenvalue weighted by Crippen LogP contribution is 2.40. The number of ether oxygens (including phenoxy) is 1. The average molecular weight is 351 g/mol. The zero-order valence-electron chi connectivity index (χ0n) is 9.57. The summed E-state index contributed by atoms with van der Waals surface area (Å²) in [5, 5.41) is 8.94. The number of benzene rings is 1. The number of halogens is 4. The van der Waals surface area contributed by atoms with Gasteiger partial charge in [-0.15, -0.1) is 13.2 Å². The molecule has 20 heavy (non-hydrogen) atoms. The lowest BCUT2D eigenvalue weighted by molar-refractivity contribution is -0.274. The number of hydrogen-bond acceptors (Lipinski definition) is 3. The summed E-state index contributed by atoms with van der Waals surface area (Å²) >= 11 is 2.87. The average Bonchev–Trinajstić information content (AvgIpc) is 2.83. The van der Waals surface area contributed by atoms with Gasteiger partial charge < -0.3 is 14.3 Å². The van der Waals surface area contributed by atoms with Gasteiger partial charge in [-0.05, 0) is 40.2 Å². The van der Waals surface area contributed by atoms with Crippen molar-refractivity contribution >= 4 is 21.9 Å². The molecule has 2 rings (SSSR count). The van der Waals surface area contributed by atoms with Crippen LogP contribution in [-0.4, -0.2) is 17.4 Å². The van der Waals surface area contributed by atoms with Gasteiger partial charge in [0.25, 0.3) is 0 Å². The highest BCUT2D eigenvalue weighted by Gasteiger charge is 2.34. The van der Waals surface area contributed by atoms with Crippen LogP contribution < -0.4 is 4.74 Å². The van der Waals surface area contributed by atoms with E-state index in [2.05, 4.69) is 20.7 Å². The molecule has 1 aromatic heterocycles. The van der Waals surface area contributed by atoms with Crippen LogP contribution in [0.3, 0.4) is 0 Å². The smallest absolute Gasteiger partial charge is 0.478 e. The molecule has 8 heteroatoms. The molecule has 1 N–H and O–H groups in total. The second-order valence-electron chi connectivity index (χ2n) is 3.67. The van der Waals surface area contributed by atoms with E-state index in [0.717, 1.165) is 12.1 Å². The lowest BCUT2D eigenvalue weighted by atomic mass is 10.1. The Morgan fingerprint density at radius 2 is 2.05 bits per heavy atom. The third-order valence-corrected chi connectivity index (χ3v) is 2.88. The molecule has 0 aliphatic rings. The first-order valence-corrected chi connectivity index (χ1v) is 5.93. The summed E-state index contributed by atoms with van der Waals surface area (Å²) in [7, 11) is 0. The van der Waals surface area contributed by atoms with Crippen LogP contribution in [-0.2, 0) is 0 Å². The van der Waals surface area contributed by atoms with Crippen LogP contribution in [0.25, 0.3) is 11.3 Å². The molecular weight excluding hydrogens is 345 g/mol. The van der Waals surface area contributed by atoms with E-state index in [0.29, 0.717) is 0 Å². The number of carboxylic acid groups (broad SMARTS) is 1. The fraction of sp³-hybridized carbons (Fsp3) is 0.0833. The highest BCUT2D eigenvalue weighted by atomic mass is 79.9. The summed E-state index contributed by atoms with van der Waals surface area (Å²) < 4.78 is 46.0. The van der Waals surface area contributed by atoms with Crippen molar-refractivity contribution in [3.63, 3.8) is 0 Å². The fourth-order valence-electron chi connectivity index (χ4n) is 1.55. The molecule has 1 heterocycles. The molecule has 0 amide bonds. The minimum Gasteiger partial charge on any atom is -0.478 e. The number of alkyl halides is 3. The van der Waals surface area contributed by atoms with Gasteiger partial charge in [0.15, 0.2) is 5.75 Å². The first-order chi connectivity index (χ1) is 9.28. The van der Waals surface area contributed by atoms with Gasteiger partial charge >= 0.3 is 12.3 Å². The van der Waals surface area contributed by atoms with Gasteiger partial charge in [-0.25, -0.2) is 4.79 Å². The molecule has 0 bridgehead atoms. The molecule has 1 aromatic carbocycles. The molecule has 0 atom stereocenters. The van der Waals surface area contributed by atoms with E-state index in [-0.39, 0.29) is 21.4 Å². The zero-order valence-corrected chi connectivity index (χ0v) is 11.2. The first-order valence-electron chi connectivity index (χ1n) is 5.14. The van der Waals surface area contributed by atoms with Gasteiger partial charge in [0.1, 0.15) is 5.76 Å². The summed E-state index contributed by atoms with van der Waals surface area (Å²) in [5.41, 5.74) is -0.308. The summed E-state index contributed by atoms with van der Waals surface area (Å²) in [6.07, 6.45) is -3.65. The van der Waals surface area contributed by atoms with Gasteiger partial charge in [-0.2, -0.15) is 0 Å². The molecule has 0 saturated heterocycles. The Morgan fingerprint density at radius 1 is 1.35 bits per heavy atom. The minimum atomic E-state index is -4.91. The van der Waals surface area contributed by atoms with Crippen molar-refractivity contribution in [3.05, 3.63) is 40.6 Å². The summed E-state index contributed by atoms with van der Waals surface area (Å²) in [4.78, 5) is 11.0. The summed E-state index contributed by atoms with van der Waals surface area (Å²) in [5.74, 6) is -1.78. The number of carboxylic acids is 1. The molecule has 0 spiro atoms. The molecule has 0 fully saturated rings. The quantitative estimate of drug-likeness (QED) is 0.896. The number of carbonyl (C=O) groups is 1. The molecule has 106 valence electrons. The van der Waals surface area contributed by atoms with E-state index in [1.54, 1.807) is 0 Å². The van der Waals surface area contributed by atoms with Gasteiger partial charge in [0, 0.05) is 0 Å². The number of rotatable bonds is 3. The maximum Gasteiger partial charge on any atom is 0.573 e.